The zero-order valence-corrected chi connectivity index (χ0v) is 63.8. The van der Waals surface area contributed by atoms with E-state index < -0.39 is 0 Å². The number of para-hydroxylation sites is 4. The molecule has 0 fully saturated rings. The van der Waals surface area contributed by atoms with Gasteiger partial charge in [-0.25, -0.2) is 0 Å². The fourth-order valence-electron chi connectivity index (χ4n) is 17.1. The third kappa shape index (κ3) is 11.0. The van der Waals surface area contributed by atoms with Gasteiger partial charge >= 0.3 is 0 Å². The van der Waals surface area contributed by atoms with Crippen LogP contribution >= 0.6 is 45.3 Å². The highest BCUT2D eigenvalue weighted by atomic mass is 32.1. The van der Waals surface area contributed by atoms with Gasteiger partial charge in [0.25, 0.3) is 0 Å². The van der Waals surface area contributed by atoms with Gasteiger partial charge in [-0.05, 0) is 164 Å². The number of anilines is 6. The first-order valence-electron chi connectivity index (χ1n) is 37.9. The Kier molecular flexibility index (Phi) is 16.0. The number of fused-ring (bicyclic) bond motifs is 17. The third-order valence-corrected chi connectivity index (χ3v) is 27.2. The van der Waals surface area contributed by atoms with E-state index in [1.807, 2.05) is 45.3 Å². The van der Waals surface area contributed by atoms with Gasteiger partial charge in [-0.1, -0.05) is 291 Å². The zero-order valence-electron chi connectivity index (χ0n) is 60.5. The van der Waals surface area contributed by atoms with E-state index in [-0.39, 0.29) is 0 Å². The van der Waals surface area contributed by atoms with E-state index >= 15 is 0 Å². The second kappa shape index (κ2) is 27.3. The molecule has 526 valence electrons. The molecule has 0 aliphatic carbocycles. The molecule has 0 unspecified atom stereocenters. The topological polar surface area (TPSA) is 16.3 Å². The molecule has 0 amide bonds. The van der Waals surface area contributed by atoms with Gasteiger partial charge in [0.2, 0.25) is 0 Å². The summed E-state index contributed by atoms with van der Waals surface area (Å²) in [6, 6.07) is 146. The molecule has 0 aliphatic heterocycles. The summed E-state index contributed by atoms with van der Waals surface area (Å²) in [5.41, 5.74) is 24.1. The molecular weight excluding hydrogens is 1430 g/mol. The predicted molar refractivity (Wildman–Crippen MR) is 487 cm³/mol. The van der Waals surface area contributed by atoms with E-state index in [1.165, 1.54) is 181 Å². The maximum absolute atomic E-state index is 2.44. The van der Waals surface area contributed by atoms with Crippen molar-refractivity contribution in [2.45, 2.75) is 0 Å². The lowest BCUT2D eigenvalue weighted by molar-refractivity contribution is 1.19. The molecule has 23 aromatic rings. The van der Waals surface area contributed by atoms with Crippen LogP contribution in [0.15, 0.2) is 400 Å². The van der Waals surface area contributed by atoms with Crippen LogP contribution in [0.3, 0.4) is 0 Å². The average Bonchev–Trinajstić information content (AvgIpc) is 1.56. The first kappa shape index (κ1) is 65.6. The second-order valence-electron chi connectivity index (χ2n) is 28.6. The maximum Gasteiger partial charge on any atom is 0.0727 e. The molecule has 0 spiro atoms. The summed E-state index contributed by atoms with van der Waals surface area (Å²) >= 11 is 7.55. The normalized spacial score (nSPS) is 11.8. The summed E-state index contributed by atoms with van der Waals surface area (Å²) in [7, 11) is 0. The molecule has 6 aromatic heterocycles. The van der Waals surface area contributed by atoms with Gasteiger partial charge in [-0.3, -0.25) is 0 Å². The standard InChI is InChI=1S/C54H34N2S2.C50H32N2S2/c1-2-15-38(16-3-1)56-48-24-8-6-19-46(48)54-51(56)47-23-11-21-43(52(47)58-54)37-29-33-40(34-30-37)55(49-25-12-22-45-44-18-7-9-26-50(44)57-53(45)49)39-31-27-36(28-32-39)42-20-10-14-35-13-4-5-17-41(35)42;1-3-13-33(14-4-1)34-25-29-37(30-26-34)51(45-23-12-20-41-40-17-8-10-24-46(40)53-49(41)45)38-31-27-35(28-32-38)39-19-11-21-43-47-50(54-48(39)43)42-18-7-9-22-44(42)52(47)36-15-5-2-6-16-36/h1-34H;1-32H. The number of aromatic nitrogens is 2. The van der Waals surface area contributed by atoms with Crippen molar-refractivity contribution < 1.29 is 0 Å². The molecule has 0 atom stereocenters. The minimum absolute atomic E-state index is 1.12. The molecule has 0 N–H and O–H groups in total. The largest absolute Gasteiger partial charge is 0.309 e. The van der Waals surface area contributed by atoms with Gasteiger partial charge in [0, 0.05) is 96.0 Å². The lowest BCUT2D eigenvalue weighted by Crippen LogP contribution is -2.10. The van der Waals surface area contributed by atoms with Gasteiger partial charge in [0.05, 0.1) is 52.2 Å². The Balaban J connectivity index is 0.000000138. The van der Waals surface area contributed by atoms with Crippen molar-refractivity contribution in [3.63, 3.8) is 0 Å². The molecule has 4 nitrogen and oxygen atoms in total. The third-order valence-electron chi connectivity index (χ3n) is 22.2. The van der Waals surface area contributed by atoms with Crippen LogP contribution in [0.2, 0.25) is 0 Å². The van der Waals surface area contributed by atoms with Crippen molar-refractivity contribution in [3.05, 3.63) is 400 Å². The van der Waals surface area contributed by atoms with Gasteiger partial charge < -0.3 is 18.9 Å². The van der Waals surface area contributed by atoms with Gasteiger partial charge in [-0.2, -0.15) is 0 Å². The highest BCUT2D eigenvalue weighted by Crippen LogP contribution is 2.52. The van der Waals surface area contributed by atoms with Gasteiger partial charge in [0.15, 0.2) is 0 Å². The number of hydrogen-bond donors (Lipinski definition) is 0. The van der Waals surface area contributed by atoms with E-state index in [0.29, 0.717) is 0 Å². The Morgan fingerprint density at radius 2 is 0.509 bits per heavy atom. The van der Waals surface area contributed by atoms with Crippen molar-refractivity contribution in [2.75, 3.05) is 9.80 Å². The predicted octanol–water partition coefficient (Wildman–Crippen LogP) is 31.5. The van der Waals surface area contributed by atoms with Crippen molar-refractivity contribution in [3.8, 4) is 55.9 Å². The molecule has 0 radical (unpaired) electrons. The molecule has 0 saturated heterocycles. The lowest BCUT2D eigenvalue weighted by atomic mass is 9.98. The second-order valence-corrected chi connectivity index (χ2v) is 32.7. The summed E-state index contributed by atoms with van der Waals surface area (Å²) in [5, 5.41) is 12.9. The summed E-state index contributed by atoms with van der Waals surface area (Å²) in [6.07, 6.45) is 0. The van der Waals surface area contributed by atoms with Crippen LogP contribution in [0.4, 0.5) is 34.1 Å². The SMILES string of the molecule is c1ccc(-c2ccc(N(c3ccc(-c4cccc5c4sc4c6ccccc6n(-c6ccccc6)c54)cc3)c3cccc4c3sc3ccccc34)cc2)cc1.c1ccc(-n2c3ccccc3c3sc4c(-c5ccc(N(c6ccc(-c7cccc8ccccc78)cc6)c6cccc7c6sc6ccccc67)cc5)cccc4c32)cc1. The average molecular weight is 1500 g/mol. The minimum atomic E-state index is 1.12. The Labute approximate surface area is 662 Å². The summed E-state index contributed by atoms with van der Waals surface area (Å²) < 4.78 is 15.3. The van der Waals surface area contributed by atoms with Crippen LogP contribution in [0.25, 0.3) is 169 Å². The van der Waals surface area contributed by atoms with E-state index in [2.05, 4.69) is 419 Å². The molecule has 0 aliphatic rings. The number of hydrogen-bond acceptors (Lipinski definition) is 6. The summed E-state index contributed by atoms with van der Waals surface area (Å²) in [6.45, 7) is 0. The molecule has 8 heteroatoms. The highest BCUT2D eigenvalue weighted by molar-refractivity contribution is 7.28. The smallest absolute Gasteiger partial charge is 0.0727 e. The minimum Gasteiger partial charge on any atom is -0.309 e. The molecule has 23 rings (SSSR count). The number of thiophene rings is 4. The van der Waals surface area contributed by atoms with Crippen LogP contribution in [0.1, 0.15) is 0 Å². The molecule has 6 heterocycles. The summed E-state index contributed by atoms with van der Waals surface area (Å²) in [5.74, 6) is 0. The van der Waals surface area contributed by atoms with Crippen molar-refractivity contribution in [1.82, 2.24) is 9.13 Å². The molecule has 17 aromatic carbocycles. The first-order chi connectivity index (χ1) is 55.6. The van der Waals surface area contributed by atoms with Crippen molar-refractivity contribution >= 4 is 193 Å². The van der Waals surface area contributed by atoms with Crippen LogP contribution in [0, 0.1) is 0 Å². The first-order valence-corrected chi connectivity index (χ1v) is 41.2. The fraction of sp³-hybridized carbons (Fsp3) is 0. The lowest BCUT2D eigenvalue weighted by Gasteiger charge is -2.26. The molecule has 0 bridgehead atoms. The Hall–Kier alpha value is -13.4. The number of nitrogens with zero attached hydrogens (tertiary/aromatic N) is 4. The maximum atomic E-state index is 2.44. The summed E-state index contributed by atoms with van der Waals surface area (Å²) in [4.78, 5) is 4.86. The Morgan fingerprint density at radius 3 is 0.973 bits per heavy atom. The van der Waals surface area contributed by atoms with Gasteiger partial charge in [0.1, 0.15) is 0 Å². The van der Waals surface area contributed by atoms with Crippen LogP contribution in [0.5, 0.6) is 0 Å². The molecule has 112 heavy (non-hydrogen) atoms. The highest BCUT2D eigenvalue weighted by Gasteiger charge is 2.25. The van der Waals surface area contributed by atoms with Gasteiger partial charge in [-0.15, -0.1) is 45.3 Å². The fourth-order valence-corrected chi connectivity index (χ4v) is 22.2. The van der Waals surface area contributed by atoms with E-state index in [4.69, 9.17) is 0 Å². The van der Waals surface area contributed by atoms with Crippen molar-refractivity contribution in [2.24, 2.45) is 0 Å². The quantitative estimate of drug-likeness (QED) is 0.121. The van der Waals surface area contributed by atoms with Crippen LogP contribution < -0.4 is 9.80 Å². The van der Waals surface area contributed by atoms with Crippen LogP contribution in [-0.2, 0) is 0 Å². The van der Waals surface area contributed by atoms with E-state index in [1.54, 1.807) is 0 Å². The molecular formula is C104H66N4S4. The van der Waals surface area contributed by atoms with Crippen LogP contribution in [-0.4, -0.2) is 9.13 Å². The van der Waals surface area contributed by atoms with E-state index in [9.17, 15) is 0 Å². The Bertz CT molecular complexity index is 7530. The molecule has 0 saturated carbocycles. The number of rotatable bonds is 12. The number of benzene rings is 17. The Morgan fingerprint density at radius 1 is 0.188 bits per heavy atom. The zero-order chi connectivity index (χ0) is 73.7. The van der Waals surface area contributed by atoms with Crippen molar-refractivity contribution in [1.29, 1.82) is 0 Å². The monoisotopic (exact) mass is 1500 g/mol. The van der Waals surface area contributed by atoms with E-state index in [0.717, 1.165) is 22.7 Å².